The highest BCUT2D eigenvalue weighted by Gasteiger charge is 2.26. The summed E-state index contributed by atoms with van der Waals surface area (Å²) in [7, 11) is 1.87. The van der Waals surface area contributed by atoms with Crippen molar-refractivity contribution in [1.82, 2.24) is 20.3 Å². The van der Waals surface area contributed by atoms with Gasteiger partial charge in [0.2, 0.25) is 0 Å². The summed E-state index contributed by atoms with van der Waals surface area (Å²) in [6.45, 7) is 8.17. The number of nitrogens with zero attached hydrogens (tertiary/aromatic N) is 3. The predicted octanol–water partition coefficient (Wildman–Crippen LogP) is 1.25. The number of rotatable bonds is 9. The van der Waals surface area contributed by atoms with Gasteiger partial charge in [0.1, 0.15) is 6.04 Å². The molecule has 18 heavy (non-hydrogen) atoms. The molecule has 1 atom stereocenters. The molecular formula is C12H24N4O2. The monoisotopic (exact) mass is 256 g/mol. The smallest absolute Gasteiger partial charge is 0.178 e. The van der Waals surface area contributed by atoms with Gasteiger partial charge in [0.05, 0.1) is 11.9 Å². The third-order valence-electron chi connectivity index (χ3n) is 2.62. The summed E-state index contributed by atoms with van der Waals surface area (Å²) in [5.41, 5.74) is 0.968. The second-order valence-corrected chi connectivity index (χ2v) is 3.99. The van der Waals surface area contributed by atoms with Crippen LogP contribution in [0.15, 0.2) is 6.20 Å². The van der Waals surface area contributed by atoms with Gasteiger partial charge in [0.25, 0.3) is 0 Å². The minimum absolute atomic E-state index is 0.0511. The van der Waals surface area contributed by atoms with Crippen molar-refractivity contribution in [3.05, 3.63) is 11.9 Å². The van der Waals surface area contributed by atoms with Gasteiger partial charge in [0.15, 0.2) is 6.29 Å². The van der Waals surface area contributed by atoms with E-state index >= 15 is 0 Å². The molecule has 1 N–H and O–H groups in total. The average molecular weight is 256 g/mol. The lowest BCUT2D eigenvalue weighted by atomic mass is 10.2. The first-order valence-electron chi connectivity index (χ1n) is 6.55. The van der Waals surface area contributed by atoms with Crippen LogP contribution in [-0.4, -0.2) is 41.0 Å². The van der Waals surface area contributed by atoms with Crippen LogP contribution < -0.4 is 5.32 Å². The van der Waals surface area contributed by atoms with Crippen LogP contribution in [0.3, 0.4) is 0 Å². The summed E-state index contributed by atoms with van der Waals surface area (Å²) >= 11 is 0. The first-order chi connectivity index (χ1) is 8.74. The lowest BCUT2D eigenvalue weighted by molar-refractivity contribution is -0.156. The first-order valence-corrected chi connectivity index (χ1v) is 6.55. The van der Waals surface area contributed by atoms with E-state index in [1.807, 2.05) is 20.9 Å². The standard InChI is InChI=1S/C12H24N4O2/c1-5-8-13-11(10-9-14-15-16(10)4)12(17-6-2)18-7-3/h9,11-13H,5-8H2,1-4H3. The quantitative estimate of drug-likeness (QED) is 0.674. The lowest BCUT2D eigenvalue weighted by Gasteiger charge is -2.27. The van der Waals surface area contributed by atoms with Crippen LogP contribution in [0.1, 0.15) is 38.9 Å². The van der Waals surface area contributed by atoms with Crippen molar-refractivity contribution in [3.63, 3.8) is 0 Å². The molecule has 0 aliphatic rings. The van der Waals surface area contributed by atoms with E-state index in [1.54, 1.807) is 10.9 Å². The highest BCUT2D eigenvalue weighted by Crippen LogP contribution is 2.19. The van der Waals surface area contributed by atoms with Crippen LogP contribution in [0.2, 0.25) is 0 Å². The van der Waals surface area contributed by atoms with Crippen LogP contribution in [0.4, 0.5) is 0 Å². The minimum atomic E-state index is -0.316. The van der Waals surface area contributed by atoms with Crippen molar-refractivity contribution in [2.24, 2.45) is 7.05 Å². The molecule has 1 heterocycles. The van der Waals surface area contributed by atoms with E-state index < -0.39 is 0 Å². The molecule has 0 radical (unpaired) electrons. The highest BCUT2D eigenvalue weighted by molar-refractivity contribution is 5.03. The fourth-order valence-corrected chi connectivity index (χ4v) is 1.79. The van der Waals surface area contributed by atoms with E-state index in [-0.39, 0.29) is 12.3 Å². The SMILES string of the molecule is CCCNC(c1cnnn1C)C(OCC)OCC. The van der Waals surface area contributed by atoms with Gasteiger partial charge < -0.3 is 14.8 Å². The third kappa shape index (κ3) is 4.04. The Balaban J connectivity index is 2.84. The van der Waals surface area contributed by atoms with E-state index in [4.69, 9.17) is 9.47 Å². The number of aromatic nitrogens is 3. The summed E-state index contributed by atoms with van der Waals surface area (Å²) in [6.07, 6.45) is 2.48. The van der Waals surface area contributed by atoms with Crippen LogP contribution in [0.25, 0.3) is 0 Å². The zero-order valence-electron chi connectivity index (χ0n) is 11.7. The average Bonchev–Trinajstić information content (AvgIpc) is 2.77. The molecular weight excluding hydrogens is 232 g/mol. The summed E-state index contributed by atoms with van der Waals surface area (Å²) in [6, 6.07) is -0.0511. The van der Waals surface area contributed by atoms with E-state index in [0.29, 0.717) is 13.2 Å². The second kappa shape index (κ2) is 8.18. The van der Waals surface area contributed by atoms with Crippen LogP contribution >= 0.6 is 0 Å². The molecule has 0 aliphatic heterocycles. The second-order valence-electron chi connectivity index (χ2n) is 3.99. The predicted molar refractivity (Wildman–Crippen MR) is 69.1 cm³/mol. The van der Waals surface area contributed by atoms with Crippen molar-refractivity contribution in [2.75, 3.05) is 19.8 Å². The molecule has 1 rings (SSSR count). The number of ether oxygens (including phenoxy) is 2. The molecule has 0 aromatic carbocycles. The van der Waals surface area contributed by atoms with Gasteiger partial charge >= 0.3 is 0 Å². The molecule has 0 bridgehead atoms. The summed E-state index contributed by atoms with van der Waals surface area (Å²) < 4.78 is 13.1. The molecule has 1 unspecified atom stereocenters. The zero-order valence-corrected chi connectivity index (χ0v) is 11.7. The van der Waals surface area contributed by atoms with E-state index in [2.05, 4.69) is 22.6 Å². The van der Waals surface area contributed by atoms with Crippen molar-refractivity contribution in [3.8, 4) is 0 Å². The molecule has 0 saturated carbocycles. The Bertz CT molecular complexity index is 324. The lowest BCUT2D eigenvalue weighted by Crippen LogP contribution is -2.37. The van der Waals surface area contributed by atoms with Crippen molar-refractivity contribution in [2.45, 2.75) is 39.5 Å². The van der Waals surface area contributed by atoms with Gasteiger partial charge in [-0.3, -0.25) is 4.68 Å². The summed E-state index contributed by atoms with van der Waals surface area (Å²) in [5.74, 6) is 0. The van der Waals surface area contributed by atoms with Gasteiger partial charge in [-0.2, -0.15) is 0 Å². The number of hydrogen-bond donors (Lipinski definition) is 1. The van der Waals surface area contributed by atoms with E-state index in [9.17, 15) is 0 Å². The summed E-state index contributed by atoms with van der Waals surface area (Å²) in [5, 5.41) is 11.3. The highest BCUT2D eigenvalue weighted by atomic mass is 16.7. The first kappa shape index (κ1) is 15.1. The Kier molecular flexibility index (Phi) is 6.85. The normalized spacial score (nSPS) is 13.2. The van der Waals surface area contributed by atoms with Gasteiger partial charge in [-0.15, -0.1) is 5.10 Å². The van der Waals surface area contributed by atoms with E-state index in [0.717, 1.165) is 18.7 Å². The van der Waals surface area contributed by atoms with Gasteiger partial charge in [-0.05, 0) is 26.8 Å². The maximum atomic E-state index is 5.67. The topological polar surface area (TPSA) is 61.2 Å². The Morgan fingerprint density at radius 3 is 2.39 bits per heavy atom. The maximum Gasteiger partial charge on any atom is 0.178 e. The van der Waals surface area contributed by atoms with Crippen molar-refractivity contribution >= 4 is 0 Å². The fourth-order valence-electron chi connectivity index (χ4n) is 1.79. The minimum Gasteiger partial charge on any atom is -0.351 e. The molecule has 1 aromatic heterocycles. The van der Waals surface area contributed by atoms with E-state index in [1.165, 1.54) is 0 Å². The van der Waals surface area contributed by atoms with Gasteiger partial charge in [0, 0.05) is 20.3 Å². The largest absolute Gasteiger partial charge is 0.351 e. The van der Waals surface area contributed by atoms with Gasteiger partial charge in [-0.1, -0.05) is 12.1 Å². The molecule has 6 heteroatoms. The van der Waals surface area contributed by atoms with Gasteiger partial charge in [-0.25, -0.2) is 0 Å². The summed E-state index contributed by atoms with van der Waals surface area (Å²) in [4.78, 5) is 0. The Hall–Kier alpha value is -0.980. The maximum absolute atomic E-state index is 5.67. The number of hydrogen-bond acceptors (Lipinski definition) is 5. The Labute approximate surface area is 109 Å². The Morgan fingerprint density at radius 1 is 1.28 bits per heavy atom. The van der Waals surface area contributed by atoms with Crippen LogP contribution in [-0.2, 0) is 16.5 Å². The van der Waals surface area contributed by atoms with Crippen molar-refractivity contribution < 1.29 is 9.47 Å². The molecule has 1 aromatic rings. The van der Waals surface area contributed by atoms with Crippen LogP contribution in [0.5, 0.6) is 0 Å². The molecule has 0 spiro atoms. The zero-order chi connectivity index (χ0) is 13.4. The fraction of sp³-hybridized carbons (Fsp3) is 0.833. The third-order valence-corrected chi connectivity index (χ3v) is 2.62. The number of nitrogens with one attached hydrogen (secondary N) is 1. The molecule has 104 valence electrons. The molecule has 0 fully saturated rings. The molecule has 6 nitrogen and oxygen atoms in total. The van der Waals surface area contributed by atoms with Crippen LogP contribution in [0, 0.1) is 0 Å². The molecule has 0 aliphatic carbocycles. The molecule has 0 saturated heterocycles. The Morgan fingerprint density at radius 2 is 1.94 bits per heavy atom. The molecule has 0 amide bonds. The number of aryl methyl sites for hydroxylation is 1. The van der Waals surface area contributed by atoms with Crippen molar-refractivity contribution in [1.29, 1.82) is 0 Å².